The third-order valence-corrected chi connectivity index (χ3v) is 6.96. The van der Waals surface area contributed by atoms with Gasteiger partial charge in [-0.15, -0.1) is 24.0 Å². The van der Waals surface area contributed by atoms with Crippen molar-refractivity contribution in [3.63, 3.8) is 0 Å². The van der Waals surface area contributed by atoms with Gasteiger partial charge in [0.15, 0.2) is 5.96 Å². The summed E-state index contributed by atoms with van der Waals surface area (Å²) >= 11 is 2.06. The van der Waals surface area contributed by atoms with Gasteiger partial charge in [-0.3, -0.25) is 9.89 Å². The fourth-order valence-corrected chi connectivity index (χ4v) is 5.51. The number of rotatable bonds is 10. The largest absolute Gasteiger partial charge is 0.379 e. The number of halogens is 1. The molecule has 0 bridgehead atoms. The van der Waals surface area contributed by atoms with E-state index in [0.717, 1.165) is 84.6 Å². The summed E-state index contributed by atoms with van der Waals surface area (Å²) in [4.78, 5) is 7.58. The molecule has 0 aromatic carbocycles. The molecule has 2 unspecified atom stereocenters. The first-order valence-electron chi connectivity index (χ1n) is 10.9. The van der Waals surface area contributed by atoms with Crippen LogP contribution in [0.15, 0.2) is 4.99 Å². The van der Waals surface area contributed by atoms with Gasteiger partial charge < -0.3 is 24.8 Å². The molecule has 3 aliphatic rings. The second-order valence-electron chi connectivity index (χ2n) is 7.81. The van der Waals surface area contributed by atoms with Crippen LogP contribution in [0, 0.1) is 0 Å². The number of nitrogens with zero attached hydrogens (tertiary/aromatic N) is 2. The van der Waals surface area contributed by atoms with E-state index in [4.69, 9.17) is 19.2 Å². The number of morpholine rings is 1. The Morgan fingerprint density at radius 3 is 2.83 bits per heavy atom. The van der Waals surface area contributed by atoms with Crippen LogP contribution in [0.25, 0.3) is 0 Å². The summed E-state index contributed by atoms with van der Waals surface area (Å²) in [5, 5.41) is 6.86. The number of thioether (sulfide) groups is 1. The third-order valence-electron chi connectivity index (χ3n) is 5.73. The van der Waals surface area contributed by atoms with Crippen LogP contribution in [-0.4, -0.2) is 99.8 Å². The molecular formula is C20H39IN4O3S. The number of nitrogens with one attached hydrogen (secondary N) is 2. The average molecular weight is 543 g/mol. The van der Waals surface area contributed by atoms with Gasteiger partial charge >= 0.3 is 0 Å². The van der Waals surface area contributed by atoms with Crippen molar-refractivity contribution in [2.24, 2.45) is 4.99 Å². The normalized spacial score (nSPS) is 28.3. The first kappa shape index (κ1) is 25.5. The van der Waals surface area contributed by atoms with E-state index in [1.165, 1.54) is 24.3 Å². The summed E-state index contributed by atoms with van der Waals surface area (Å²) in [5.41, 5.74) is 0.196. The Morgan fingerprint density at radius 1 is 1.28 bits per heavy atom. The molecule has 0 aromatic heterocycles. The predicted molar refractivity (Wildman–Crippen MR) is 131 cm³/mol. The minimum Gasteiger partial charge on any atom is -0.379 e. The molecule has 29 heavy (non-hydrogen) atoms. The molecule has 3 fully saturated rings. The zero-order valence-electron chi connectivity index (χ0n) is 17.8. The molecule has 0 amide bonds. The van der Waals surface area contributed by atoms with Crippen molar-refractivity contribution >= 4 is 41.7 Å². The van der Waals surface area contributed by atoms with Crippen LogP contribution in [0.2, 0.25) is 0 Å². The van der Waals surface area contributed by atoms with Crippen molar-refractivity contribution in [1.82, 2.24) is 15.5 Å². The van der Waals surface area contributed by atoms with Gasteiger partial charge in [0.2, 0.25) is 0 Å². The Labute approximate surface area is 197 Å². The van der Waals surface area contributed by atoms with Crippen molar-refractivity contribution in [3.05, 3.63) is 0 Å². The topological polar surface area (TPSA) is 67.4 Å². The van der Waals surface area contributed by atoms with E-state index >= 15 is 0 Å². The monoisotopic (exact) mass is 542 g/mol. The van der Waals surface area contributed by atoms with Crippen molar-refractivity contribution in [3.8, 4) is 0 Å². The smallest absolute Gasteiger partial charge is 0.191 e. The molecular weight excluding hydrogens is 503 g/mol. The Morgan fingerprint density at radius 2 is 2.14 bits per heavy atom. The molecule has 3 aliphatic heterocycles. The molecule has 0 aliphatic carbocycles. The van der Waals surface area contributed by atoms with Crippen LogP contribution in [0.1, 0.15) is 32.6 Å². The van der Waals surface area contributed by atoms with E-state index in [2.05, 4.69) is 34.2 Å². The number of hydrogen-bond donors (Lipinski definition) is 2. The van der Waals surface area contributed by atoms with Crippen LogP contribution in [0.4, 0.5) is 0 Å². The van der Waals surface area contributed by atoms with Crippen molar-refractivity contribution in [1.29, 1.82) is 0 Å². The van der Waals surface area contributed by atoms with Crippen molar-refractivity contribution in [2.45, 2.75) is 44.2 Å². The highest BCUT2D eigenvalue weighted by Crippen LogP contribution is 2.34. The third kappa shape index (κ3) is 8.33. The summed E-state index contributed by atoms with van der Waals surface area (Å²) in [5.74, 6) is 3.33. The van der Waals surface area contributed by atoms with E-state index in [0.29, 0.717) is 6.10 Å². The van der Waals surface area contributed by atoms with Gasteiger partial charge in [-0.1, -0.05) is 0 Å². The minimum absolute atomic E-state index is 0. The van der Waals surface area contributed by atoms with E-state index in [1.54, 1.807) is 0 Å². The number of ether oxygens (including phenoxy) is 3. The van der Waals surface area contributed by atoms with Gasteiger partial charge in [-0.25, -0.2) is 0 Å². The molecule has 3 heterocycles. The maximum atomic E-state index is 5.75. The highest BCUT2D eigenvalue weighted by atomic mass is 127. The van der Waals surface area contributed by atoms with Crippen LogP contribution < -0.4 is 10.6 Å². The first-order chi connectivity index (χ1) is 13.8. The fraction of sp³-hybridized carbons (Fsp3) is 0.950. The summed E-state index contributed by atoms with van der Waals surface area (Å²) in [6.45, 7) is 10.9. The molecule has 0 aromatic rings. The molecule has 0 saturated carbocycles. The minimum atomic E-state index is 0. The van der Waals surface area contributed by atoms with E-state index in [1.807, 2.05) is 0 Å². The molecule has 3 rings (SSSR count). The lowest BCUT2D eigenvalue weighted by atomic mass is 9.96. The summed E-state index contributed by atoms with van der Waals surface area (Å²) in [6.07, 6.45) is 4.81. The SMILES string of the molecule is CCNC(=NCC1(N2CCOCC2)CCSC1)NCCCOCC1CCCO1.I. The number of guanidine groups is 1. The van der Waals surface area contributed by atoms with Crippen molar-refractivity contribution in [2.75, 3.05) is 77.3 Å². The molecule has 7 nitrogen and oxygen atoms in total. The van der Waals surface area contributed by atoms with E-state index < -0.39 is 0 Å². The molecule has 9 heteroatoms. The summed E-state index contributed by atoms with van der Waals surface area (Å²) in [7, 11) is 0. The van der Waals surface area contributed by atoms with Crippen LogP contribution in [-0.2, 0) is 14.2 Å². The van der Waals surface area contributed by atoms with Gasteiger partial charge in [0.1, 0.15) is 0 Å². The lowest BCUT2D eigenvalue weighted by Gasteiger charge is -2.42. The van der Waals surface area contributed by atoms with Gasteiger partial charge in [-0.2, -0.15) is 11.8 Å². The molecule has 2 atom stereocenters. The van der Waals surface area contributed by atoms with Crippen molar-refractivity contribution < 1.29 is 14.2 Å². The highest BCUT2D eigenvalue weighted by molar-refractivity contribution is 14.0. The number of hydrogen-bond acceptors (Lipinski definition) is 6. The molecule has 3 saturated heterocycles. The fourth-order valence-electron chi connectivity index (χ4n) is 4.05. The van der Waals surface area contributed by atoms with Crippen LogP contribution >= 0.6 is 35.7 Å². The quantitative estimate of drug-likeness (QED) is 0.189. The van der Waals surface area contributed by atoms with Gasteiger partial charge in [-0.05, 0) is 38.4 Å². The first-order valence-corrected chi connectivity index (χ1v) is 12.1. The molecule has 170 valence electrons. The second-order valence-corrected chi connectivity index (χ2v) is 8.92. The van der Waals surface area contributed by atoms with E-state index in [-0.39, 0.29) is 29.5 Å². The Kier molecular flexibility index (Phi) is 12.5. The predicted octanol–water partition coefficient (Wildman–Crippen LogP) is 1.95. The van der Waals surface area contributed by atoms with E-state index in [9.17, 15) is 0 Å². The standard InChI is InChI=1S/C20H38N4O3S.HI/c1-2-21-19(22-7-4-10-26-15-18-5-3-11-27-18)23-16-20(6-14-28-17-20)24-8-12-25-13-9-24;/h18H,2-17H2,1H3,(H2,21,22,23);1H. The Bertz CT molecular complexity index is 469. The zero-order valence-corrected chi connectivity index (χ0v) is 21.0. The lowest BCUT2D eigenvalue weighted by molar-refractivity contribution is -0.0104. The second kappa shape index (κ2) is 14.3. The van der Waals surface area contributed by atoms with Gasteiger partial charge in [0, 0.05) is 45.1 Å². The molecule has 0 radical (unpaired) electrons. The maximum Gasteiger partial charge on any atom is 0.191 e. The highest BCUT2D eigenvalue weighted by Gasteiger charge is 2.40. The van der Waals surface area contributed by atoms with Crippen LogP contribution in [0.3, 0.4) is 0 Å². The average Bonchev–Trinajstić information content (AvgIpc) is 3.42. The molecule has 2 N–H and O–H groups in total. The Hall–Kier alpha value is 0.190. The lowest BCUT2D eigenvalue weighted by Crippen LogP contribution is -2.56. The van der Waals surface area contributed by atoms with Crippen LogP contribution in [0.5, 0.6) is 0 Å². The zero-order chi connectivity index (χ0) is 19.5. The molecule has 0 spiro atoms. The van der Waals surface area contributed by atoms with Gasteiger partial charge in [0.05, 0.1) is 38.0 Å². The summed E-state index contributed by atoms with van der Waals surface area (Å²) < 4.78 is 16.9. The Balaban J connectivity index is 0.00000300. The maximum absolute atomic E-state index is 5.75. The van der Waals surface area contributed by atoms with Gasteiger partial charge in [0.25, 0.3) is 0 Å². The number of aliphatic imine (C=N–C) groups is 1. The summed E-state index contributed by atoms with van der Waals surface area (Å²) in [6, 6.07) is 0.